The predicted octanol–water partition coefficient (Wildman–Crippen LogP) is -0.336. The molecule has 3 N–H and O–H groups in total. The Balaban J connectivity index is 4.07. The van der Waals surface area contributed by atoms with Crippen LogP contribution < -0.4 is 11.1 Å². The zero-order valence-electron chi connectivity index (χ0n) is 10.8. The predicted molar refractivity (Wildman–Crippen MR) is 65.2 cm³/mol. The van der Waals surface area contributed by atoms with Crippen LogP contribution in [0.5, 0.6) is 0 Å². The van der Waals surface area contributed by atoms with Crippen molar-refractivity contribution in [1.29, 1.82) is 0 Å². The van der Waals surface area contributed by atoms with Gasteiger partial charge in [-0.25, -0.2) is 0 Å². The average Bonchev–Trinajstić information content (AvgIpc) is 2.23. The Hall–Kier alpha value is -0.650. The minimum Gasteiger partial charge on any atom is -0.379 e. The first-order chi connectivity index (χ1) is 7.54. The van der Waals surface area contributed by atoms with Crippen LogP contribution in [0.2, 0.25) is 0 Å². The molecule has 0 aliphatic heterocycles. The van der Waals surface area contributed by atoms with Crippen molar-refractivity contribution in [2.45, 2.75) is 19.9 Å². The molecule has 0 saturated carbocycles. The fourth-order valence-electron chi connectivity index (χ4n) is 1.69. The third kappa shape index (κ3) is 5.44. The second kappa shape index (κ2) is 8.50. The number of nitrogens with zero attached hydrogens (tertiary/aromatic N) is 1. The van der Waals surface area contributed by atoms with Crippen LogP contribution in [-0.4, -0.2) is 57.2 Å². The topological polar surface area (TPSA) is 67.6 Å². The van der Waals surface area contributed by atoms with Gasteiger partial charge in [0.05, 0.1) is 19.3 Å². The summed E-state index contributed by atoms with van der Waals surface area (Å²) in [6, 6.07) is -0.105. The lowest BCUT2D eigenvalue weighted by molar-refractivity contribution is -0.127. The van der Waals surface area contributed by atoms with Gasteiger partial charge in [-0.2, -0.15) is 0 Å². The molecule has 0 aromatic rings. The third-order valence-corrected chi connectivity index (χ3v) is 2.47. The summed E-state index contributed by atoms with van der Waals surface area (Å²) in [5, 5.41) is 2.69. The van der Waals surface area contributed by atoms with E-state index in [1.165, 1.54) is 0 Å². The molecule has 1 amide bonds. The molecule has 0 rings (SSSR count). The van der Waals surface area contributed by atoms with Gasteiger partial charge in [0, 0.05) is 20.1 Å². The molecule has 0 bridgehead atoms. The Morgan fingerprint density at radius 2 is 2.06 bits per heavy atom. The fourth-order valence-corrected chi connectivity index (χ4v) is 1.69. The number of carbonyl (C=O) groups excluding carboxylic acids is 1. The van der Waals surface area contributed by atoms with Crippen LogP contribution in [0.4, 0.5) is 0 Å². The zero-order chi connectivity index (χ0) is 12.6. The van der Waals surface area contributed by atoms with Gasteiger partial charge in [0.2, 0.25) is 5.91 Å². The van der Waals surface area contributed by atoms with Crippen molar-refractivity contribution < 1.29 is 9.53 Å². The molecule has 0 unspecified atom stereocenters. The first-order valence-corrected chi connectivity index (χ1v) is 5.74. The van der Waals surface area contributed by atoms with Gasteiger partial charge in [-0.3, -0.25) is 9.69 Å². The number of hydrogen-bond acceptors (Lipinski definition) is 4. The second-order valence-corrected chi connectivity index (χ2v) is 4.18. The van der Waals surface area contributed by atoms with Gasteiger partial charge in [-0.15, -0.1) is 0 Å². The molecule has 0 aliphatic carbocycles. The molecule has 96 valence electrons. The lowest BCUT2D eigenvalue weighted by Crippen LogP contribution is -2.48. The number of nitrogens with one attached hydrogen (secondary N) is 1. The highest BCUT2D eigenvalue weighted by atomic mass is 16.5. The molecule has 0 aromatic heterocycles. The first-order valence-electron chi connectivity index (χ1n) is 5.74. The highest BCUT2D eigenvalue weighted by Crippen LogP contribution is 2.08. The summed E-state index contributed by atoms with van der Waals surface area (Å²) >= 11 is 0. The number of hydrogen-bond donors (Lipinski definition) is 2. The van der Waals surface area contributed by atoms with Crippen LogP contribution in [0.3, 0.4) is 0 Å². The minimum absolute atomic E-state index is 0.0522. The molecule has 0 spiro atoms. The minimum atomic E-state index is -0.105. The number of amides is 1. The molecule has 0 aromatic carbocycles. The number of nitrogens with two attached hydrogens (primary N) is 1. The van der Waals surface area contributed by atoms with E-state index in [1.807, 2.05) is 25.8 Å². The Kier molecular flexibility index (Phi) is 8.15. The number of ether oxygens (including phenoxy) is 1. The normalized spacial score (nSPS) is 13.2. The lowest BCUT2D eigenvalue weighted by atomic mass is 10.0. The Bertz CT molecular complexity index is 198. The van der Waals surface area contributed by atoms with Crippen molar-refractivity contribution >= 4 is 5.91 Å². The van der Waals surface area contributed by atoms with E-state index < -0.39 is 0 Å². The molecule has 0 heterocycles. The van der Waals surface area contributed by atoms with Crippen LogP contribution in [0.25, 0.3) is 0 Å². The summed E-state index contributed by atoms with van der Waals surface area (Å²) in [7, 11) is 3.60. The molecule has 16 heavy (non-hydrogen) atoms. The smallest absolute Gasteiger partial charge is 0.237 e. The van der Waals surface area contributed by atoms with E-state index in [0.717, 1.165) is 6.54 Å². The maximum Gasteiger partial charge on any atom is 0.237 e. The molecular formula is C11H25N3O2. The number of likely N-dealkylation sites (N-methyl/N-ethyl adjacent to an activating group) is 2. The van der Waals surface area contributed by atoms with Crippen LogP contribution in [-0.2, 0) is 9.53 Å². The molecule has 1 atom stereocenters. The van der Waals surface area contributed by atoms with Gasteiger partial charge < -0.3 is 15.8 Å². The summed E-state index contributed by atoms with van der Waals surface area (Å²) in [5.41, 5.74) is 5.32. The molecule has 0 saturated heterocycles. The molecule has 5 heteroatoms. The number of carbonyl (C=O) groups is 1. The van der Waals surface area contributed by atoms with Crippen molar-refractivity contribution in [2.75, 3.05) is 40.4 Å². The van der Waals surface area contributed by atoms with Gasteiger partial charge in [-0.05, 0) is 13.0 Å². The summed E-state index contributed by atoms with van der Waals surface area (Å²) in [5.74, 6) is 0.329. The van der Waals surface area contributed by atoms with Crippen LogP contribution in [0, 0.1) is 5.92 Å². The van der Waals surface area contributed by atoms with Gasteiger partial charge >= 0.3 is 0 Å². The first kappa shape index (κ1) is 15.3. The highest BCUT2D eigenvalue weighted by molar-refractivity contribution is 5.81. The molecule has 0 radical (unpaired) electrons. The quantitative estimate of drug-likeness (QED) is 0.561. The monoisotopic (exact) mass is 231 g/mol. The largest absolute Gasteiger partial charge is 0.379 e. The summed E-state index contributed by atoms with van der Waals surface area (Å²) in [6.45, 7) is 6.52. The van der Waals surface area contributed by atoms with Crippen molar-refractivity contribution in [3.63, 3.8) is 0 Å². The molecule has 0 fully saturated rings. The van der Waals surface area contributed by atoms with E-state index in [2.05, 4.69) is 5.32 Å². The average molecular weight is 231 g/mol. The van der Waals surface area contributed by atoms with Crippen molar-refractivity contribution in [1.82, 2.24) is 10.2 Å². The molecule has 5 nitrogen and oxygen atoms in total. The van der Waals surface area contributed by atoms with E-state index in [1.54, 1.807) is 7.05 Å². The standard InChI is InChI=1S/C11H25N3O2/c1-9(2)10(11(15)13-3)14(4)6-8-16-7-5-12/h9-10H,5-8,12H2,1-4H3,(H,13,15)/t10-/m0/s1. The summed E-state index contributed by atoms with van der Waals surface area (Å²) in [4.78, 5) is 13.7. The van der Waals surface area contributed by atoms with Crippen molar-refractivity contribution in [3.05, 3.63) is 0 Å². The van der Waals surface area contributed by atoms with Gasteiger partial charge in [0.15, 0.2) is 0 Å². The number of rotatable bonds is 8. The SMILES string of the molecule is CNC(=O)[C@H](C(C)C)N(C)CCOCCN. The Labute approximate surface area is 98.3 Å². The van der Waals surface area contributed by atoms with Crippen LogP contribution in [0.1, 0.15) is 13.8 Å². The van der Waals surface area contributed by atoms with Crippen molar-refractivity contribution in [3.8, 4) is 0 Å². The highest BCUT2D eigenvalue weighted by Gasteiger charge is 2.25. The summed E-state index contributed by atoms with van der Waals surface area (Å²) in [6.07, 6.45) is 0. The van der Waals surface area contributed by atoms with E-state index in [9.17, 15) is 4.79 Å². The third-order valence-electron chi connectivity index (χ3n) is 2.47. The van der Waals surface area contributed by atoms with E-state index in [4.69, 9.17) is 10.5 Å². The second-order valence-electron chi connectivity index (χ2n) is 4.18. The zero-order valence-corrected chi connectivity index (χ0v) is 10.8. The molecule has 0 aliphatic rings. The van der Waals surface area contributed by atoms with E-state index >= 15 is 0 Å². The summed E-state index contributed by atoms with van der Waals surface area (Å²) < 4.78 is 5.30. The van der Waals surface area contributed by atoms with Gasteiger partial charge in [0.25, 0.3) is 0 Å². The Morgan fingerprint density at radius 1 is 1.44 bits per heavy atom. The van der Waals surface area contributed by atoms with E-state index in [0.29, 0.717) is 19.8 Å². The maximum atomic E-state index is 11.7. The fraction of sp³-hybridized carbons (Fsp3) is 0.909. The molecular weight excluding hydrogens is 206 g/mol. The van der Waals surface area contributed by atoms with E-state index in [-0.39, 0.29) is 17.9 Å². The van der Waals surface area contributed by atoms with Gasteiger partial charge in [0.1, 0.15) is 0 Å². The Morgan fingerprint density at radius 3 is 2.50 bits per heavy atom. The maximum absolute atomic E-state index is 11.7. The van der Waals surface area contributed by atoms with Crippen LogP contribution in [0.15, 0.2) is 0 Å². The lowest BCUT2D eigenvalue weighted by Gasteiger charge is -2.29. The van der Waals surface area contributed by atoms with Crippen molar-refractivity contribution in [2.24, 2.45) is 11.7 Å². The van der Waals surface area contributed by atoms with Crippen LogP contribution >= 0.6 is 0 Å². The van der Waals surface area contributed by atoms with Gasteiger partial charge in [-0.1, -0.05) is 13.8 Å².